The van der Waals surface area contributed by atoms with Gasteiger partial charge in [0.25, 0.3) is 23.4 Å². The number of nitrogens with zero attached hydrogens (tertiary/aromatic N) is 3. The van der Waals surface area contributed by atoms with Crippen molar-refractivity contribution in [2.24, 2.45) is 11.8 Å². The van der Waals surface area contributed by atoms with Crippen LogP contribution in [0.2, 0.25) is 0 Å². The third kappa shape index (κ3) is 4.02. The Hall–Kier alpha value is -5.64. The molecule has 10 nitrogen and oxygen atoms in total. The normalized spacial score (nSPS) is 20.9. The molecular formula is C34H25N3O7. The van der Waals surface area contributed by atoms with Crippen molar-refractivity contribution in [3.05, 3.63) is 141 Å². The average molecular weight is 588 g/mol. The summed E-state index contributed by atoms with van der Waals surface area (Å²) in [6, 6.07) is 26.7. The molecule has 1 aliphatic heterocycles. The van der Waals surface area contributed by atoms with E-state index in [4.69, 9.17) is 4.74 Å². The smallest absolute Gasteiger partial charge is 0.273 e. The Kier molecular flexibility index (Phi) is 6.35. The minimum Gasteiger partial charge on any atom is -0.497 e. The van der Waals surface area contributed by atoms with Crippen molar-refractivity contribution in [2.75, 3.05) is 13.7 Å². The molecule has 3 aliphatic carbocycles. The van der Waals surface area contributed by atoms with Crippen molar-refractivity contribution in [1.82, 2.24) is 10.0 Å². The first-order valence-corrected chi connectivity index (χ1v) is 14.1. The fourth-order valence-electron chi connectivity index (χ4n) is 7.01. The molecule has 4 aliphatic rings. The second kappa shape index (κ2) is 10.3. The molecule has 0 radical (unpaired) electrons. The number of hydrazine groups is 1. The van der Waals surface area contributed by atoms with E-state index < -0.39 is 58.6 Å². The number of hydrogen-bond donors (Lipinski definition) is 0. The molecule has 3 amide bonds. The van der Waals surface area contributed by atoms with Crippen LogP contribution in [0.3, 0.4) is 0 Å². The van der Waals surface area contributed by atoms with Gasteiger partial charge in [-0.25, -0.2) is 5.01 Å². The minimum atomic E-state index is -0.801. The number of nitro groups is 1. The Morgan fingerprint density at radius 2 is 1.20 bits per heavy atom. The molecule has 218 valence electrons. The molecule has 1 saturated heterocycles. The van der Waals surface area contributed by atoms with Gasteiger partial charge in [0.2, 0.25) is 0 Å². The largest absolute Gasteiger partial charge is 0.497 e. The van der Waals surface area contributed by atoms with Gasteiger partial charge in [-0.2, -0.15) is 5.01 Å². The van der Waals surface area contributed by atoms with Gasteiger partial charge < -0.3 is 4.74 Å². The molecule has 4 aromatic rings. The van der Waals surface area contributed by atoms with Gasteiger partial charge in [-0.15, -0.1) is 0 Å². The van der Waals surface area contributed by atoms with Crippen LogP contribution in [0.1, 0.15) is 54.8 Å². The van der Waals surface area contributed by atoms with Crippen LogP contribution in [0.5, 0.6) is 5.75 Å². The summed E-state index contributed by atoms with van der Waals surface area (Å²) in [5.41, 5.74) is 3.91. The molecule has 0 unspecified atom stereocenters. The SMILES string of the molecule is COc1ccc(C(=O)CN(C(=O)c2ccc([N+](=O)[O-])cc2)N2C(=O)[C@@H]3C4c5ccccc5C(c5ccccc54)[C@@H]3C2=O)cc1. The standard InChI is InChI=1S/C34H25N3O7/c1-44-22-16-12-19(13-17-22)27(38)18-35(32(39)20-10-14-21(15-11-20)37(42)43)36-33(40)30-28-23-6-2-3-7-24(23)29(31(30)34(36)41)26-9-5-4-8-25(26)28/h2-17,28-31H,18H2,1H3/t28?,29?,30-,31+. The number of hydrogen-bond acceptors (Lipinski definition) is 7. The van der Waals surface area contributed by atoms with Crippen LogP contribution in [-0.4, -0.2) is 52.1 Å². The summed E-state index contributed by atoms with van der Waals surface area (Å²) in [6.07, 6.45) is 0. The van der Waals surface area contributed by atoms with Crippen LogP contribution in [0.4, 0.5) is 5.69 Å². The average Bonchev–Trinajstić information content (AvgIpc) is 3.32. The monoisotopic (exact) mass is 587 g/mol. The topological polar surface area (TPSA) is 127 Å². The minimum absolute atomic E-state index is 0.0110. The molecule has 0 N–H and O–H groups in total. The highest BCUT2D eigenvalue weighted by Gasteiger charge is 2.63. The first-order valence-electron chi connectivity index (χ1n) is 14.1. The fourth-order valence-corrected chi connectivity index (χ4v) is 7.01. The van der Waals surface area contributed by atoms with Crippen molar-refractivity contribution < 1.29 is 28.8 Å². The van der Waals surface area contributed by atoms with E-state index in [9.17, 15) is 29.3 Å². The summed E-state index contributed by atoms with van der Waals surface area (Å²) in [6.45, 7) is -0.603. The lowest BCUT2D eigenvalue weighted by atomic mass is 9.55. The molecule has 1 heterocycles. The number of nitro benzene ring substituents is 1. The van der Waals surface area contributed by atoms with E-state index >= 15 is 0 Å². The molecule has 2 bridgehead atoms. The second-order valence-electron chi connectivity index (χ2n) is 11.1. The van der Waals surface area contributed by atoms with Crippen molar-refractivity contribution >= 4 is 29.2 Å². The maximum Gasteiger partial charge on any atom is 0.273 e. The summed E-state index contributed by atoms with van der Waals surface area (Å²) in [5, 5.41) is 13.0. The molecule has 10 heteroatoms. The van der Waals surface area contributed by atoms with Crippen molar-refractivity contribution in [1.29, 1.82) is 0 Å². The van der Waals surface area contributed by atoms with E-state index in [1.807, 2.05) is 48.5 Å². The van der Waals surface area contributed by atoms with Gasteiger partial charge in [-0.1, -0.05) is 48.5 Å². The number of carbonyl (C=O) groups excluding carboxylic acids is 4. The lowest BCUT2D eigenvalue weighted by molar-refractivity contribution is -0.384. The lowest BCUT2D eigenvalue weighted by Crippen LogP contribution is -2.52. The molecule has 0 saturated carbocycles. The quantitative estimate of drug-likeness (QED) is 0.132. The molecule has 0 spiro atoms. The Bertz CT molecular complexity index is 1750. The zero-order chi connectivity index (χ0) is 30.7. The number of benzene rings is 4. The van der Waals surface area contributed by atoms with Crippen molar-refractivity contribution in [2.45, 2.75) is 11.8 Å². The van der Waals surface area contributed by atoms with Crippen LogP contribution >= 0.6 is 0 Å². The first kappa shape index (κ1) is 27.2. The fraction of sp³-hybridized carbons (Fsp3) is 0.176. The summed E-state index contributed by atoms with van der Waals surface area (Å²) in [4.78, 5) is 66.9. The van der Waals surface area contributed by atoms with Crippen LogP contribution in [-0.2, 0) is 9.59 Å². The lowest BCUT2D eigenvalue weighted by Gasteiger charge is -2.45. The van der Waals surface area contributed by atoms with Crippen LogP contribution in [0.25, 0.3) is 0 Å². The maximum absolute atomic E-state index is 14.4. The van der Waals surface area contributed by atoms with E-state index in [1.54, 1.807) is 12.1 Å². The zero-order valence-corrected chi connectivity index (χ0v) is 23.5. The van der Waals surface area contributed by atoms with Gasteiger partial charge >= 0.3 is 0 Å². The molecule has 2 atom stereocenters. The number of imide groups is 1. The molecule has 1 fully saturated rings. The molecule has 0 aromatic heterocycles. The highest BCUT2D eigenvalue weighted by molar-refractivity contribution is 6.11. The van der Waals surface area contributed by atoms with Crippen LogP contribution in [0.15, 0.2) is 97.1 Å². The maximum atomic E-state index is 14.4. The summed E-state index contributed by atoms with van der Waals surface area (Å²) in [5.74, 6) is -4.21. The first-order chi connectivity index (χ1) is 21.3. The predicted octanol–water partition coefficient (Wildman–Crippen LogP) is 4.74. The zero-order valence-electron chi connectivity index (χ0n) is 23.5. The van der Waals surface area contributed by atoms with Gasteiger partial charge in [0, 0.05) is 35.1 Å². The van der Waals surface area contributed by atoms with E-state index in [0.717, 1.165) is 44.4 Å². The van der Waals surface area contributed by atoms with Crippen molar-refractivity contribution in [3.63, 3.8) is 0 Å². The predicted molar refractivity (Wildman–Crippen MR) is 157 cm³/mol. The van der Waals surface area contributed by atoms with Crippen LogP contribution in [0, 0.1) is 22.0 Å². The summed E-state index contributed by atoms with van der Waals surface area (Å²) < 4.78 is 5.17. The van der Waals surface area contributed by atoms with E-state index in [1.165, 1.54) is 31.4 Å². The van der Waals surface area contributed by atoms with Gasteiger partial charge in [0.05, 0.1) is 23.9 Å². The number of non-ortho nitro benzene ring substituents is 1. The second-order valence-corrected chi connectivity index (χ2v) is 11.1. The third-order valence-corrected chi connectivity index (χ3v) is 8.93. The van der Waals surface area contributed by atoms with Crippen LogP contribution < -0.4 is 4.74 Å². The number of methoxy groups -OCH3 is 1. The number of amides is 3. The number of carbonyl (C=O) groups is 4. The number of rotatable bonds is 7. The van der Waals surface area contributed by atoms with Gasteiger partial charge in [-0.3, -0.25) is 29.3 Å². The molecule has 44 heavy (non-hydrogen) atoms. The Labute approximate surface area is 251 Å². The van der Waals surface area contributed by atoms with E-state index in [-0.39, 0.29) is 16.8 Å². The van der Waals surface area contributed by atoms with Gasteiger partial charge in [-0.05, 0) is 58.7 Å². The molecule has 4 aromatic carbocycles. The number of Topliss-reactive ketones (excluding diaryl/α,β-unsaturated/α-hetero) is 1. The van der Waals surface area contributed by atoms with Gasteiger partial charge in [0.1, 0.15) is 12.3 Å². The Balaban J connectivity index is 1.31. The number of ketones is 1. The van der Waals surface area contributed by atoms with E-state index in [0.29, 0.717) is 5.75 Å². The molecule has 8 rings (SSSR count). The van der Waals surface area contributed by atoms with Gasteiger partial charge in [0.15, 0.2) is 5.78 Å². The summed E-state index contributed by atoms with van der Waals surface area (Å²) >= 11 is 0. The van der Waals surface area contributed by atoms with E-state index in [2.05, 4.69) is 0 Å². The Morgan fingerprint density at radius 1 is 0.750 bits per heavy atom. The number of ether oxygens (including phenoxy) is 1. The Morgan fingerprint density at radius 3 is 1.64 bits per heavy atom. The van der Waals surface area contributed by atoms with Crippen molar-refractivity contribution in [3.8, 4) is 5.75 Å². The highest BCUT2D eigenvalue weighted by Crippen LogP contribution is 2.61. The summed E-state index contributed by atoms with van der Waals surface area (Å²) in [7, 11) is 1.50. The third-order valence-electron chi connectivity index (χ3n) is 8.93. The highest BCUT2D eigenvalue weighted by atomic mass is 16.6. The molecular weight excluding hydrogens is 562 g/mol.